The van der Waals surface area contributed by atoms with E-state index in [0.717, 1.165) is 0 Å². The van der Waals surface area contributed by atoms with E-state index in [1.165, 1.54) is 46.3 Å². The average Bonchev–Trinajstić information content (AvgIpc) is 3.74. The van der Waals surface area contributed by atoms with Crippen LogP contribution < -0.4 is 26.2 Å². The van der Waals surface area contributed by atoms with E-state index >= 15 is 0 Å². The minimum absolute atomic E-state index is 0.0299. The van der Waals surface area contributed by atoms with Crippen LogP contribution in [0, 0.1) is 38.5 Å². The topological polar surface area (TPSA) is 298 Å². The molecule has 0 spiro atoms. The Labute approximate surface area is 417 Å². The van der Waals surface area contributed by atoms with Gasteiger partial charge in [-0.05, 0) is 78.6 Å². The molecule has 392 valence electrons. The van der Waals surface area contributed by atoms with Crippen LogP contribution in [0.5, 0.6) is 23.0 Å². The van der Waals surface area contributed by atoms with Gasteiger partial charge in [0.1, 0.15) is 64.1 Å². The van der Waals surface area contributed by atoms with E-state index < -0.39 is 101 Å². The lowest BCUT2D eigenvalue weighted by Crippen LogP contribution is -2.66. The molecule has 0 bridgehead atoms. The van der Waals surface area contributed by atoms with Gasteiger partial charge in [0.25, 0.3) is 0 Å². The minimum Gasteiger partial charge on any atom is -0.506 e. The van der Waals surface area contributed by atoms with Crippen molar-refractivity contribution in [2.75, 3.05) is 27.4 Å². The number of carbonyl (C=O) groups excluding carboxylic acids is 3. The molecule has 4 aromatic rings. The van der Waals surface area contributed by atoms with Crippen molar-refractivity contribution >= 4 is 45.7 Å². The Bertz CT molecular complexity index is 2990. The van der Waals surface area contributed by atoms with Crippen LogP contribution in [0.25, 0.3) is 21.9 Å². The van der Waals surface area contributed by atoms with Crippen molar-refractivity contribution in [2.24, 2.45) is 5.16 Å². The quantitative estimate of drug-likeness (QED) is 0.0233. The lowest BCUT2D eigenvalue weighted by atomic mass is 9.86. The normalized spacial score (nSPS) is 26.5. The summed E-state index contributed by atoms with van der Waals surface area (Å²) in [4.78, 5) is 70.5. The number of benzene rings is 2. The molecule has 1 amide bonds. The Hall–Kier alpha value is -7.38. The molecule has 3 aliphatic heterocycles. The number of Topliss-reactive ketones (excluding diaryl/α,β-unsaturated/α-hetero) is 1. The Kier molecular flexibility index (Phi) is 17.0. The summed E-state index contributed by atoms with van der Waals surface area (Å²) in [6.45, 7) is 12.8. The van der Waals surface area contributed by atoms with Gasteiger partial charge < -0.3 is 71.6 Å². The second-order valence-corrected chi connectivity index (χ2v) is 17.3. The van der Waals surface area contributed by atoms with Crippen LogP contribution in [-0.4, -0.2) is 127 Å². The first-order valence-electron chi connectivity index (χ1n) is 22.7. The van der Waals surface area contributed by atoms with Crippen molar-refractivity contribution in [3.63, 3.8) is 0 Å². The van der Waals surface area contributed by atoms with E-state index in [-0.39, 0.29) is 63.7 Å². The summed E-state index contributed by atoms with van der Waals surface area (Å²) < 4.78 is 62.3. The fourth-order valence-electron chi connectivity index (χ4n) is 8.68. The number of ether oxygens (including phenoxy) is 9. The maximum atomic E-state index is 12.8. The van der Waals surface area contributed by atoms with Gasteiger partial charge >= 0.3 is 23.5 Å². The molecule has 0 radical (unpaired) electrons. The summed E-state index contributed by atoms with van der Waals surface area (Å²) in [7, 11) is 2.90. The number of nitrogens with zero attached hydrogens (tertiary/aromatic N) is 1. The fourth-order valence-corrected chi connectivity index (χ4v) is 8.68. The molecule has 7 rings (SSSR count). The highest BCUT2D eigenvalue weighted by atomic mass is 16.8. The van der Waals surface area contributed by atoms with Crippen LogP contribution in [0.3, 0.4) is 0 Å². The number of oxime groups is 1. The molecule has 3 saturated heterocycles. The third kappa shape index (κ3) is 10.9. The molecule has 23 nitrogen and oxygen atoms in total. The molecule has 2 aromatic carbocycles. The number of rotatable bonds is 15. The van der Waals surface area contributed by atoms with Crippen LogP contribution >= 0.6 is 0 Å². The minimum atomic E-state index is -1.53. The predicted octanol–water partition coefficient (Wildman–Crippen LogP) is 4.95. The van der Waals surface area contributed by atoms with E-state index in [0.29, 0.717) is 24.0 Å². The van der Waals surface area contributed by atoms with Gasteiger partial charge in [-0.1, -0.05) is 30.8 Å². The molecule has 10 atom stereocenters. The molecule has 0 saturated carbocycles. The van der Waals surface area contributed by atoms with Gasteiger partial charge in [0.2, 0.25) is 18.7 Å². The second kappa shape index (κ2) is 22.6. The van der Waals surface area contributed by atoms with Gasteiger partial charge in [-0.25, -0.2) is 19.2 Å². The number of nitrogens with one attached hydrogen (secondary N) is 1. The number of fused-ring (bicyclic) bond motifs is 3. The summed E-state index contributed by atoms with van der Waals surface area (Å²) in [5.41, 5.74) is -1.42. The van der Waals surface area contributed by atoms with Crippen LogP contribution in [0.2, 0.25) is 0 Å². The predicted molar refractivity (Wildman–Crippen MR) is 254 cm³/mol. The standard InChI is InChI=1S/C28H32N2O11.C22H24O10/c1-8-13-36-29-16(5)19-20(31)17-11-12-18(15(4)22(17)39-25(19)33)38-26-21(32)23(40-27(34)30-37-14-9-2)24(35-7)28(6,10-3)41-26;1-6-22(4)18(27-5)16-17(31-21(26)30-16)20(32-22)28-12-8-7-11-14(24)13(10(3)23)19(25)29-15(11)9(12)2/h1-2,11-12,21,23-24,26,31-32H,10,13-14H2,3-7H3,(H,30,34);7-8,16-18,20,24H,6H2,1-5H3/b29-16+;/t21?,23?,24?,26?,28-;16?,17?,18?,20?,22-/m00/s1. The van der Waals surface area contributed by atoms with Crippen LogP contribution in [0.15, 0.2) is 47.8 Å². The summed E-state index contributed by atoms with van der Waals surface area (Å²) in [6.07, 6.45) is 1.06. The van der Waals surface area contributed by atoms with Crippen molar-refractivity contribution in [1.82, 2.24) is 5.48 Å². The fraction of sp³-hybridized carbons (Fsp3) is 0.480. The van der Waals surface area contributed by atoms with Gasteiger partial charge in [0, 0.05) is 25.3 Å². The molecule has 23 heteroatoms. The number of methoxy groups -OCH3 is 2. The largest absolute Gasteiger partial charge is 0.509 e. The van der Waals surface area contributed by atoms with Crippen molar-refractivity contribution < 1.29 is 90.8 Å². The Morgan fingerprint density at radius 1 is 0.767 bits per heavy atom. The zero-order valence-electron chi connectivity index (χ0n) is 41.5. The van der Waals surface area contributed by atoms with Crippen LogP contribution in [0.1, 0.15) is 81.4 Å². The van der Waals surface area contributed by atoms with Crippen molar-refractivity contribution in [1.29, 1.82) is 0 Å². The maximum Gasteiger partial charge on any atom is 0.509 e. The van der Waals surface area contributed by atoms with Crippen LogP contribution in [0.4, 0.5) is 9.59 Å². The van der Waals surface area contributed by atoms with Gasteiger partial charge in [-0.15, -0.1) is 12.8 Å². The average molecular weight is 1020 g/mol. The monoisotopic (exact) mass is 1020 g/mol. The molecule has 3 aliphatic rings. The Morgan fingerprint density at radius 2 is 1.27 bits per heavy atom. The summed E-state index contributed by atoms with van der Waals surface area (Å²) in [5.74, 6) is 3.43. The number of hydrogen-bond donors (Lipinski definition) is 4. The lowest BCUT2D eigenvalue weighted by molar-refractivity contribution is -0.311. The number of aryl methyl sites for hydroxylation is 2. The summed E-state index contributed by atoms with van der Waals surface area (Å²) in [5, 5.41) is 36.6. The number of aromatic hydroxyl groups is 2. The van der Waals surface area contributed by atoms with Gasteiger partial charge in [-0.2, -0.15) is 5.48 Å². The summed E-state index contributed by atoms with van der Waals surface area (Å²) >= 11 is 0. The Morgan fingerprint density at radius 3 is 1.81 bits per heavy atom. The number of aliphatic hydroxyl groups is 1. The first-order valence-corrected chi connectivity index (χ1v) is 22.7. The molecule has 4 N–H and O–H groups in total. The SMILES string of the molecule is C#CCO/N=C(\C)c1c(O)c2ccc(OC3O[C@@](C)(CC)C(OC)C(OC(=O)NOCC#C)C3O)c(C)c2oc1=O.CC[C@]1(C)OC(Oc2ccc3c(O)c(C(C)=O)c(=O)oc3c2C)C2OC(=O)OC2C1OC. The van der Waals surface area contributed by atoms with E-state index in [4.69, 9.17) is 74.0 Å². The van der Waals surface area contributed by atoms with E-state index in [1.54, 1.807) is 26.8 Å². The molecular weight excluding hydrogens is 965 g/mol. The lowest BCUT2D eigenvalue weighted by Gasteiger charge is -2.48. The molecule has 8 unspecified atom stereocenters. The van der Waals surface area contributed by atoms with Crippen LogP contribution in [-0.2, 0) is 42.8 Å². The number of terminal acetylenes is 2. The number of carbonyl (C=O) groups is 3. The molecular formula is C50H56N2O21. The first-order chi connectivity index (χ1) is 34.6. The maximum absolute atomic E-state index is 12.8. The number of amides is 1. The number of aliphatic hydroxyl groups excluding tert-OH is 1. The molecule has 0 aliphatic carbocycles. The van der Waals surface area contributed by atoms with E-state index in [1.807, 2.05) is 26.3 Å². The van der Waals surface area contributed by atoms with E-state index in [2.05, 4.69) is 17.0 Å². The zero-order chi connectivity index (χ0) is 53.7. The first kappa shape index (κ1) is 54.9. The highest BCUT2D eigenvalue weighted by Crippen LogP contribution is 2.43. The smallest absolute Gasteiger partial charge is 0.506 e. The van der Waals surface area contributed by atoms with Crippen molar-refractivity contribution in [3.8, 4) is 47.7 Å². The van der Waals surface area contributed by atoms with Gasteiger partial charge in [0.15, 0.2) is 30.7 Å². The highest BCUT2D eigenvalue weighted by Gasteiger charge is 2.60. The highest BCUT2D eigenvalue weighted by molar-refractivity contribution is 6.05. The van der Waals surface area contributed by atoms with Gasteiger partial charge in [-0.3, -0.25) is 9.63 Å². The second-order valence-electron chi connectivity index (χ2n) is 17.3. The van der Waals surface area contributed by atoms with Crippen molar-refractivity contribution in [2.45, 2.75) is 129 Å². The van der Waals surface area contributed by atoms with E-state index in [9.17, 15) is 39.3 Å². The van der Waals surface area contributed by atoms with Gasteiger partial charge in [0.05, 0.1) is 27.7 Å². The third-order valence-corrected chi connectivity index (χ3v) is 12.8. The number of hydroxylamine groups is 1. The van der Waals surface area contributed by atoms with Crippen molar-refractivity contribution in [3.05, 3.63) is 67.4 Å². The summed E-state index contributed by atoms with van der Waals surface area (Å²) in [6, 6.07) is 5.98. The number of ketones is 1. The number of hydrogen-bond acceptors (Lipinski definition) is 22. The molecule has 73 heavy (non-hydrogen) atoms. The Balaban J connectivity index is 0.000000245. The third-order valence-electron chi connectivity index (χ3n) is 12.8. The molecule has 3 fully saturated rings. The molecule has 2 aromatic heterocycles. The molecule has 5 heterocycles. The zero-order valence-corrected chi connectivity index (χ0v) is 41.5.